The van der Waals surface area contributed by atoms with Crippen LogP contribution in [0.25, 0.3) is 6.08 Å². The van der Waals surface area contributed by atoms with Gasteiger partial charge in [-0.3, -0.25) is 14.4 Å². The van der Waals surface area contributed by atoms with Crippen LogP contribution in [0.15, 0.2) is 36.4 Å². The number of carbonyl (C=O) groups excluding carboxylic acids is 3. The summed E-state index contributed by atoms with van der Waals surface area (Å²) in [5, 5.41) is 5.47. The molecule has 0 aliphatic carbocycles. The van der Waals surface area contributed by atoms with Crippen molar-refractivity contribution in [3.05, 3.63) is 42.0 Å². The van der Waals surface area contributed by atoms with Crippen LogP contribution in [-0.2, 0) is 14.4 Å². The predicted molar refractivity (Wildman–Crippen MR) is 85.2 cm³/mol. The van der Waals surface area contributed by atoms with Crippen molar-refractivity contribution in [3.8, 4) is 0 Å². The Kier molecular flexibility index (Phi) is 4.41. The number of fused-ring (bicyclic) bond motifs is 1. The first-order valence-corrected chi connectivity index (χ1v) is 7.71. The highest BCUT2D eigenvalue weighted by molar-refractivity contribution is 5.95. The van der Waals surface area contributed by atoms with Gasteiger partial charge in [0.05, 0.1) is 6.54 Å². The van der Waals surface area contributed by atoms with Gasteiger partial charge in [0.1, 0.15) is 6.04 Å². The van der Waals surface area contributed by atoms with Crippen LogP contribution < -0.4 is 10.6 Å². The van der Waals surface area contributed by atoms with Crippen molar-refractivity contribution in [2.24, 2.45) is 0 Å². The Morgan fingerprint density at radius 1 is 1.30 bits per heavy atom. The molecule has 2 heterocycles. The number of nitrogens with one attached hydrogen (secondary N) is 2. The first-order chi connectivity index (χ1) is 11.1. The first kappa shape index (κ1) is 15.3. The molecule has 0 unspecified atom stereocenters. The van der Waals surface area contributed by atoms with Gasteiger partial charge in [0.15, 0.2) is 0 Å². The topological polar surface area (TPSA) is 78.5 Å². The molecule has 6 heteroatoms. The van der Waals surface area contributed by atoms with E-state index in [1.807, 2.05) is 42.5 Å². The van der Waals surface area contributed by atoms with Gasteiger partial charge in [-0.2, -0.15) is 0 Å². The maximum Gasteiger partial charge on any atom is 0.243 e. The summed E-state index contributed by atoms with van der Waals surface area (Å²) in [6.07, 6.45) is 4.46. The van der Waals surface area contributed by atoms with E-state index in [0.29, 0.717) is 13.0 Å². The lowest BCUT2D eigenvalue weighted by Crippen LogP contribution is -2.55. The molecule has 0 bridgehead atoms. The molecule has 2 N–H and O–H groups in total. The minimum atomic E-state index is -0.443. The highest BCUT2D eigenvalue weighted by Gasteiger charge is 2.42. The number of nitrogens with zero attached hydrogens (tertiary/aromatic N) is 1. The molecule has 120 valence electrons. The standard InChI is InChI=1S/C17H19N3O3/c21-15(8-4-7-12-5-2-1-3-6-12)19-13-9-14-17(23)18-10-16(22)20(14)11-13/h1-7,13-14H,8-11H2,(H,18,23)(H,19,21)/b7-4+/t13-,14+/m1/s1. The van der Waals surface area contributed by atoms with Gasteiger partial charge >= 0.3 is 0 Å². The maximum absolute atomic E-state index is 12.0. The highest BCUT2D eigenvalue weighted by Crippen LogP contribution is 2.20. The van der Waals surface area contributed by atoms with Crippen LogP contribution in [0.1, 0.15) is 18.4 Å². The van der Waals surface area contributed by atoms with Gasteiger partial charge in [-0.15, -0.1) is 0 Å². The summed E-state index contributed by atoms with van der Waals surface area (Å²) in [6, 6.07) is 9.15. The molecule has 1 aromatic rings. The van der Waals surface area contributed by atoms with E-state index < -0.39 is 6.04 Å². The molecule has 3 amide bonds. The van der Waals surface area contributed by atoms with E-state index in [0.717, 1.165) is 5.56 Å². The van der Waals surface area contributed by atoms with Gasteiger partial charge in [-0.1, -0.05) is 42.5 Å². The third-order valence-electron chi connectivity index (χ3n) is 4.12. The molecule has 2 saturated heterocycles. The van der Waals surface area contributed by atoms with Crippen molar-refractivity contribution in [3.63, 3.8) is 0 Å². The molecular formula is C17H19N3O3. The van der Waals surface area contributed by atoms with Crippen molar-refractivity contribution in [1.82, 2.24) is 15.5 Å². The summed E-state index contributed by atoms with van der Waals surface area (Å²) in [6.45, 7) is 0.459. The van der Waals surface area contributed by atoms with Crippen molar-refractivity contribution in [2.45, 2.75) is 24.9 Å². The zero-order chi connectivity index (χ0) is 16.2. The number of hydrogen-bond donors (Lipinski definition) is 2. The van der Waals surface area contributed by atoms with Crippen LogP contribution in [0.4, 0.5) is 0 Å². The minimum absolute atomic E-state index is 0.0514. The van der Waals surface area contributed by atoms with E-state index in [-0.39, 0.29) is 36.7 Å². The van der Waals surface area contributed by atoms with E-state index in [4.69, 9.17) is 0 Å². The lowest BCUT2D eigenvalue weighted by atomic mass is 10.1. The predicted octanol–water partition coefficient (Wildman–Crippen LogP) is 0.305. The van der Waals surface area contributed by atoms with Crippen LogP contribution in [0, 0.1) is 0 Å². The fraction of sp³-hybridized carbons (Fsp3) is 0.353. The van der Waals surface area contributed by atoms with E-state index in [1.54, 1.807) is 4.90 Å². The fourth-order valence-corrected chi connectivity index (χ4v) is 3.00. The average Bonchev–Trinajstić information content (AvgIpc) is 2.97. The van der Waals surface area contributed by atoms with Crippen molar-refractivity contribution >= 4 is 23.8 Å². The Bertz CT molecular complexity index is 618. The molecule has 2 aliphatic heterocycles. The molecule has 0 radical (unpaired) electrons. The van der Waals surface area contributed by atoms with Gasteiger partial charge in [0.25, 0.3) is 0 Å². The molecular weight excluding hydrogens is 294 g/mol. The molecule has 6 nitrogen and oxygen atoms in total. The van der Waals surface area contributed by atoms with Gasteiger partial charge in [0.2, 0.25) is 17.7 Å². The zero-order valence-corrected chi connectivity index (χ0v) is 12.7. The maximum atomic E-state index is 12.0. The SMILES string of the molecule is O=C(C/C=C/c1ccccc1)N[C@@H]1C[C@H]2C(=O)NCC(=O)N2C1. The molecule has 0 saturated carbocycles. The van der Waals surface area contributed by atoms with E-state index in [1.165, 1.54) is 0 Å². The van der Waals surface area contributed by atoms with Crippen LogP contribution >= 0.6 is 0 Å². The number of piperazine rings is 1. The van der Waals surface area contributed by atoms with Gasteiger partial charge < -0.3 is 15.5 Å². The quantitative estimate of drug-likeness (QED) is 0.839. The molecule has 23 heavy (non-hydrogen) atoms. The van der Waals surface area contributed by atoms with Crippen LogP contribution in [0.5, 0.6) is 0 Å². The second kappa shape index (κ2) is 6.64. The second-order valence-electron chi connectivity index (χ2n) is 5.80. The number of rotatable bonds is 4. The molecule has 3 rings (SSSR count). The summed E-state index contributed by atoms with van der Waals surface area (Å²) < 4.78 is 0. The number of amides is 3. The van der Waals surface area contributed by atoms with Crippen molar-refractivity contribution < 1.29 is 14.4 Å². The van der Waals surface area contributed by atoms with Gasteiger partial charge in [-0.05, 0) is 12.0 Å². The first-order valence-electron chi connectivity index (χ1n) is 7.71. The molecule has 0 aromatic heterocycles. The number of carbonyl (C=O) groups is 3. The largest absolute Gasteiger partial charge is 0.351 e. The smallest absolute Gasteiger partial charge is 0.243 e. The summed E-state index contributed by atoms with van der Waals surface area (Å²) in [4.78, 5) is 37.1. The molecule has 2 aliphatic rings. The Morgan fingerprint density at radius 2 is 2.09 bits per heavy atom. The Morgan fingerprint density at radius 3 is 2.83 bits per heavy atom. The number of hydrogen-bond acceptors (Lipinski definition) is 3. The number of benzene rings is 1. The summed E-state index contributed by atoms with van der Waals surface area (Å²) in [5.74, 6) is -0.324. The average molecular weight is 313 g/mol. The van der Waals surface area contributed by atoms with E-state index >= 15 is 0 Å². The van der Waals surface area contributed by atoms with Gasteiger partial charge in [0, 0.05) is 19.0 Å². The minimum Gasteiger partial charge on any atom is -0.351 e. The molecule has 0 spiro atoms. The Hall–Kier alpha value is -2.63. The fourth-order valence-electron chi connectivity index (χ4n) is 3.00. The summed E-state index contributed by atoms with van der Waals surface area (Å²) >= 11 is 0. The normalized spacial score (nSPS) is 23.7. The van der Waals surface area contributed by atoms with Gasteiger partial charge in [-0.25, -0.2) is 0 Å². The Balaban J connectivity index is 1.50. The third kappa shape index (κ3) is 3.59. The zero-order valence-electron chi connectivity index (χ0n) is 12.7. The molecule has 2 fully saturated rings. The summed E-state index contributed by atoms with van der Waals surface area (Å²) in [5.41, 5.74) is 1.04. The molecule has 2 atom stereocenters. The molecule has 1 aromatic carbocycles. The van der Waals surface area contributed by atoms with Crippen molar-refractivity contribution in [2.75, 3.05) is 13.1 Å². The van der Waals surface area contributed by atoms with Crippen LogP contribution in [0.2, 0.25) is 0 Å². The van der Waals surface area contributed by atoms with Crippen LogP contribution in [0.3, 0.4) is 0 Å². The van der Waals surface area contributed by atoms with E-state index in [2.05, 4.69) is 10.6 Å². The van der Waals surface area contributed by atoms with E-state index in [9.17, 15) is 14.4 Å². The second-order valence-corrected chi connectivity index (χ2v) is 5.80. The summed E-state index contributed by atoms with van der Waals surface area (Å²) in [7, 11) is 0. The van der Waals surface area contributed by atoms with Crippen LogP contribution in [-0.4, -0.2) is 47.8 Å². The lowest BCUT2D eigenvalue weighted by molar-refractivity contribution is -0.143. The Labute approximate surface area is 134 Å². The highest BCUT2D eigenvalue weighted by atomic mass is 16.2. The lowest BCUT2D eigenvalue weighted by Gasteiger charge is -2.28. The van der Waals surface area contributed by atoms with Crippen molar-refractivity contribution in [1.29, 1.82) is 0 Å². The monoisotopic (exact) mass is 313 g/mol. The third-order valence-corrected chi connectivity index (χ3v) is 4.12.